The Morgan fingerprint density at radius 2 is 1.88 bits per heavy atom. The summed E-state index contributed by atoms with van der Waals surface area (Å²) in [7, 11) is 0. The van der Waals surface area contributed by atoms with Crippen molar-refractivity contribution in [2.75, 3.05) is 13.1 Å². The Bertz CT molecular complexity index is 258. The van der Waals surface area contributed by atoms with Gasteiger partial charge in [0.25, 0.3) is 0 Å². The number of carbonyl (C=O) groups is 1. The van der Waals surface area contributed by atoms with E-state index in [2.05, 4.69) is 10.6 Å². The van der Waals surface area contributed by atoms with Gasteiger partial charge in [0.2, 0.25) is 5.91 Å². The number of carbonyl (C=O) groups excluding carboxylic acids is 1. The van der Waals surface area contributed by atoms with Gasteiger partial charge in [0.15, 0.2) is 0 Å². The molecule has 0 aliphatic heterocycles. The van der Waals surface area contributed by atoms with Crippen LogP contribution in [0.4, 0.5) is 0 Å². The zero-order chi connectivity index (χ0) is 12.9. The van der Waals surface area contributed by atoms with Gasteiger partial charge in [-0.3, -0.25) is 4.79 Å². The maximum atomic E-state index is 12.0. The molecule has 1 aliphatic rings. The fourth-order valence-corrected chi connectivity index (χ4v) is 2.37. The van der Waals surface area contributed by atoms with Crippen LogP contribution in [0, 0.1) is 0 Å². The first-order valence-electron chi connectivity index (χ1n) is 6.65. The summed E-state index contributed by atoms with van der Waals surface area (Å²) in [5.41, 5.74) is -1.25. The summed E-state index contributed by atoms with van der Waals surface area (Å²) in [5, 5.41) is 16.3. The lowest BCUT2D eigenvalue weighted by atomic mass is 9.84. The summed E-state index contributed by atoms with van der Waals surface area (Å²) >= 11 is 0. The highest BCUT2D eigenvalue weighted by Gasteiger charge is 2.32. The molecule has 0 atom stereocenters. The van der Waals surface area contributed by atoms with Crippen LogP contribution in [0.25, 0.3) is 0 Å². The first-order chi connectivity index (χ1) is 7.90. The lowest BCUT2D eigenvalue weighted by Crippen LogP contribution is -2.55. The number of amides is 1. The third-order valence-corrected chi connectivity index (χ3v) is 3.55. The number of likely N-dealkylation sites (N-methyl/N-ethyl adjacent to an activating group) is 1. The molecule has 1 saturated carbocycles. The van der Waals surface area contributed by atoms with Gasteiger partial charge in [0, 0.05) is 6.54 Å². The summed E-state index contributed by atoms with van der Waals surface area (Å²) in [6.45, 7) is 6.82. The maximum Gasteiger partial charge on any atom is 0.239 e. The number of hydrogen-bond acceptors (Lipinski definition) is 3. The minimum Gasteiger partial charge on any atom is -0.388 e. The van der Waals surface area contributed by atoms with Gasteiger partial charge in [-0.15, -0.1) is 0 Å². The number of hydrogen-bond donors (Lipinski definition) is 3. The topological polar surface area (TPSA) is 61.4 Å². The SMILES string of the molecule is CCNC(C)(C)C(=O)NCC1(O)CCCCC1. The van der Waals surface area contributed by atoms with E-state index in [1.807, 2.05) is 20.8 Å². The third-order valence-electron chi connectivity index (χ3n) is 3.55. The Balaban J connectivity index is 2.41. The Morgan fingerprint density at radius 1 is 1.29 bits per heavy atom. The molecule has 0 radical (unpaired) electrons. The third kappa shape index (κ3) is 4.28. The molecule has 4 heteroatoms. The molecule has 3 N–H and O–H groups in total. The first kappa shape index (κ1) is 14.5. The summed E-state index contributed by atoms with van der Waals surface area (Å²) in [6.07, 6.45) is 4.91. The normalized spacial score (nSPS) is 20.0. The summed E-state index contributed by atoms with van der Waals surface area (Å²) in [6, 6.07) is 0. The van der Waals surface area contributed by atoms with Crippen molar-refractivity contribution >= 4 is 5.91 Å². The van der Waals surface area contributed by atoms with Gasteiger partial charge in [-0.2, -0.15) is 0 Å². The van der Waals surface area contributed by atoms with Crippen molar-refractivity contribution in [3.8, 4) is 0 Å². The van der Waals surface area contributed by atoms with E-state index in [9.17, 15) is 9.90 Å². The number of rotatable bonds is 5. The van der Waals surface area contributed by atoms with Crippen LogP contribution in [0.1, 0.15) is 52.9 Å². The highest BCUT2D eigenvalue weighted by atomic mass is 16.3. The van der Waals surface area contributed by atoms with Crippen LogP contribution in [-0.4, -0.2) is 35.2 Å². The Labute approximate surface area is 104 Å². The minimum absolute atomic E-state index is 0.0432. The fourth-order valence-electron chi connectivity index (χ4n) is 2.37. The van der Waals surface area contributed by atoms with E-state index in [0.29, 0.717) is 6.54 Å². The van der Waals surface area contributed by atoms with Crippen LogP contribution < -0.4 is 10.6 Å². The predicted molar refractivity (Wildman–Crippen MR) is 68.8 cm³/mol. The molecule has 0 aromatic rings. The van der Waals surface area contributed by atoms with Crippen molar-refractivity contribution in [3.63, 3.8) is 0 Å². The molecule has 0 bridgehead atoms. The van der Waals surface area contributed by atoms with Crippen LogP contribution in [0.3, 0.4) is 0 Å². The van der Waals surface area contributed by atoms with Gasteiger partial charge in [-0.25, -0.2) is 0 Å². The van der Waals surface area contributed by atoms with Gasteiger partial charge in [0.05, 0.1) is 11.1 Å². The number of nitrogens with one attached hydrogen (secondary N) is 2. The number of aliphatic hydroxyl groups is 1. The lowest BCUT2D eigenvalue weighted by Gasteiger charge is -2.33. The van der Waals surface area contributed by atoms with E-state index < -0.39 is 11.1 Å². The fraction of sp³-hybridized carbons (Fsp3) is 0.923. The second kappa shape index (κ2) is 5.83. The highest BCUT2D eigenvalue weighted by Crippen LogP contribution is 2.27. The van der Waals surface area contributed by atoms with E-state index in [1.54, 1.807) is 0 Å². The average molecular weight is 242 g/mol. The van der Waals surface area contributed by atoms with Gasteiger partial charge in [-0.1, -0.05) is 26.2 Å². The minimum atomic E-state index is -0.684. The molecular formula is C13H26N2O2. The van der Waals surface area contributed by atoms with Crippen molar-refractivity contribution in [1.82, 2.24) is 10.6 Å². The Hall–Kier alpha value is -0.610. The van der Waals surface area contributed by atoms with Crippen LogP contribution in [0.15, 0.2) is 0 Å². The summed E-state index contributed by atoms with van der Waals surface area (Å²) < 4.78 is 0. The molecule has 1 fully saturated rings. The second-order valence-corrected chi connectivity index (χ2v) is 5.62. The highest BCUT2D eigenvalue weighted by molar-refractivity contribution is 5.85. The van der Waals surface area contributed by atoms with Crippen molar-refractivity contribution in [3.05, 3.63) is 0 Å². The zero-order valence-electron chi connectivity index (χ0n) is 11.3. The first-order valence-corrected chi connectivity index (χ1v) is 6.65. The van der Waals surface area contributed by atoms with Crippen LogP contribution in [0.2, 0.25) is 0 Å². The largest absolute Gasteiger partial charge is 0.388 e. The van der Waals surface area contributed by atoms with Crippen LogP contribution >= 0.6 is 0 Å². The Kier molecular flexibility index (Phi) is 4.95. The van der Waals surface area contributed by atoms with Gasteiger partial charge < -0.3 is 15.7 Å². The molecule has 0 aromatic heterocycles. The molecule has 1 aliphatic carbocycles. The zero-order valence-corrected chi connectivity index (χ0v) is 11.3. The van der Waals surface area contributed by atoms with E-state index >= 15 is 0 Å². The standard InChI is InChI=1S/C13H26N2O2/c1-4-15-12(2,3)11(16)14-10-13(17)8-6-5-7-9-13/h15,17H,4-10H2,1-3H3,(H,14,16). The van der Waals surface area contributed by atoms with E-state index in [4.69, 9.17) is 0 Å². The van der Waals surface area contributed by atoms with Gasteiger partial charge in [0.1, 0.15) is 0 Å². The van der Waals surface area contributed by atoms with Crippen molar-refractivity contribution in [1.29, 1.82) is 0 Å². The maximum absolute atomic E-state index is 12.0. The van der Waals surface area contributed by atoms with Crippen molar-refractivity contribution in [2.24, 2.45) is 0 Å². The average Bonchev–Trinajstić information content (AvgIpc) is 2.27. The molecule has 1 rings (SSSR count). The molecule has 0 aromatic carbocycles. The smallest absolute Gasteiger partial charge is 0.239 e. The molecule has 0 heterocycles. The van der Waals surface area contributed by atoms with Crippen LogP contribution in [0.5, 0.6) is 0 Å². The van der Waals surface area contributed by atoms with E-state index in [-0.39, 0.29) is 5.91 Å². The monoisotopic (exact) mass is 242 g/mol. The van der Waals surface area contributed by atoms with Gasteiger partial charge >= 0.3 is 0 Å². The molecular weight excluding hydrogens is 216 g/mol. The van der Waals surface area contributed by atoms with Crippen molar-refractivity contribution in [2.45, 2.75) is 64.0 Å². The molecule has 1 amide bonds. The quantitative estimate of drug-likeness (QED) is 0.678. The lowest BCUT2D eigenvalue weighted by molar-refractivity contribution is -0.128. The Morgan fingerprint density at radius 3 is 2.41 bits per heavy atom. The van der Waals surface area contributed by atoms with E-state index in [1.165, 1.54) is 6.42 Å². The molecule has 0 spiro atoms. The second-order valence-electron chi connectivity index (χ2n) is 5.62. The summed E-state index contributed by atoms with van der Waals surface area (Å²) in [5.74, 6) is -0.0432. The van der Waals surface area contributed by atoms with E-state index in [0.717, 1.165) is 32.2 Å². The van der Waals surface area contributed by atoms with Crippen molar-refractivity contribution < 1.29 is 9.90 Å². The van der Waals surface area contributed by atoms with Crippen LogP contribution in [-0.2, 0) is 4.79 Å². The summed E-state index contributed by atoms with van der Waals surface area (Å²) in [4.78, 5) is 12.0. The molecule has 100 valence electrons. The molecule has 0 unspecified atom stereocenters. The van der Waals surface area contributed by atoms with Gasteiger partial charge in [-0.05, 0) is 33.2 Å². The molecule has 0 saturated heterocycles. The molecule has 4 nitrogen and oxygen atoms in total. The predicted octanol–water partition coefficient (Wildman–Crippen LogP) is 1.19. The molecule has 17 heavy (non-hydrogen) atoms.